The molecule has 0 bridgehead atoms. The first-order valence-electron chi connectivity index (χ1n) is 14.6. The summed E-state index contributed by atoms with van der Waals surface area (Å²) in [7, 11) is 0. The van der Waals surface area contributed by atoms with Gasteiger partial charge in [0, 0.05) is 0 Å². The molecule has 184 valence electrons. The average molecular weight is 457 g/mol. The van der Waals surface area contributed by atoms with E-state index in [-0.39, 0.29) is 0 Å². The summed E-state index contributed by atoms with van der Waals surface area (Å²) in [6.07, 6.45) is 22.8. The van der Waals surface area contributed by atoms with E-state index >= 15 is 0 Å². The van der Waals surface area contributed by atoms with Crippen molar-refractivity contribution in [2.45, 2.75) is 116 Å². The van der Waals surface area contributed by atoms with Gasteiger partial charge in [0.15, 0.2) is 11.6 Å². The van der Waals surface area contributed by atoms with Crippen LogP contribution in [0.5, 0.6) is 0 Å². The predicted octanol–water partition coefficient (Wildman–Crippen LogP) is 9.68. The molecule has 0 amide bonds. The average Bonchev–Trinajstić information content (AvgIpc) is 2.86. The molecule has 4 aliphatic rings. The van der Waals surface area contributed by atoms with E-state index in [2.05, 4.69) is 6.92 Å². The van der Waals surface area contributed by atoms with E-state index in [1.165, 1.54) is 95.6 Å². The summed E-state index contributed by atoms with van der Waals surface area (Å²) in [5.41, 5.74) is 1.01. The first-order valence-corrected chi connectivity index (χ1v) is 14.6. The molecule has 0 N–H and O–H groups in total. The van der Waals surface area contributed by atoms with E-state index in [1.54, 1.807) is 6.42 Å². The van der Waals surface area contributed by atoms with Gasteiger partial charge in [0.25, 0.3) is 0 Å². The monoisotopic (exact) mass is 456 g/mol. The molecule has 4 atom stereocenters. The summed E-state index contributed by atoms with van der Waals surface area (Å²) in [6, 6.07) is 4.56. The van der Waals surface area contributed by atoms with Gasteiger partial charge in [0.1, 0.15) is 0 Å². The number of halogens is 2. The lowest BCUT2D eigenvalue weighted by Gasteiger charge is -2.47. The van der Waals surface area contributed by atoms with E-state index in [0.29, 0.717) is 5.92 Å². The van der Waals surface area contributed by atoms with E-state index in [1.807, 2.05) is 6.07 Å². The highest BCUT2D eigenvalue weighted by atomic mass is 19.2. The molecule has 0 saturated heterocycles. The van der Waals surface area contributed by atoms with Gasteiger partial charge in [-0.1, -0.05) is 38.7 Å². The molecular formula is C31H46F2. The van der Waals surface area contributed by atoms with Crippen LogP contribution in [0.2, 0.25) is 0 Å². The van der Waals surface area contributed by atoms with Crippen LogP contribution in [0.15, 0.2) is 18.2 Å². The molecule has 33 heavy (non-hydrogen) atoms. The van der Waals surface area contributed by atoms with Crippen LogP contribution < -0.4 is 0 Å². The van der Waals surface area contributed by atoms with Crippen molar-refractivity contribution in [3.63, 3.8) is 0 Å². The lowest BCUT2D eigenvalue weighted by atomic mass is 9.58. The van der Waals surface area contributed by atoms with Crippen molar-refractivity contribution in [3.05, 3.63) is 35.4 Å². The minimum atomic E-state index is -0.719. The molecule has 0 radical (unpaired) electrons. The van der Waals surface area contributed by atoms with Crippen LogP contribution in [-0.4, -0.2) is 0 Å². The normalized spacial score (nSPS) is 39.7. The van der Waals surface area contributed by atoms with E-state index in [0.717, 1.165) is 59.8 Å². The predicted molar refractivity (Wildman–Crippen MR) is 133 cm³/mol. The third kappa shape index (κ3) is 5.51. The van der Waals surface area contributed by atoms with Crippen LogP contribution in [0.4, 0.5) is 8.78 Å². The van der Waals surface area contributed by atoms with E-state index < -0.39 is 11.6 Å². The van der Waals surface area contributed by atoms with Crippen LogP contribution >= 0.6 is 0 Å². The van der Waals surface area contributed by atoms with Crippen molar-refractivity contribution in [2.75, 3.05) is 0 Å². The van der Waals surface area contributed by atoms with Crippen LogP contribution in [-0.2, 0) is 0 Å². The molecule has 0 aromatic heterocycles. The Morgan fingerprint density at radius 1 is 0.606 bits per heavy atom. The Morgan fingerprint density at radius 3 is 1.61 bits per heavy atom. The summed E-state index contributed by atoms with van der Waals surface area (Å²) >= 11 is 0. The molecule has 4 fully saturated rings. The molecule has 2 heteroatoms. The van der Waals surface area contributed by atoms with Crippen LogP contribution in [0.1, 0.15) is 121 Å². The quantitative estimate of drug-likeness (QED) is 0.413. The minimum Gasteiger partial charge on any atom is -0.204 e. The number of rotatable bonds is 5. The molecule has 0 spiro atoms. The van der Waals surface area contributed by atoms with E-state index in [9.17, 15) is 8.78 Å². The van der Waals surface area contributed by atoms with Gasteiger partial charge in [0.05, 0.1) is 0 Å². The Morgan fingerprint density at radius 2 is 1.09 bits per heavy atom. The molecule has 1 aromatic carbocycles. The van der Waals surface area contributed by atoms with Gasteiger partial charge < -0.3 is 0 Å². The van der Waals surface area contributed by atoms with Gasteiger partial charge >= 0.3 is 0 Å². The first-order chi connectivity index (χ1) is 16.1. The number of hydrogen-bond acceptors (Lipinski definition) is 0. The van der Waals surface area contributed by atoms with Crippen molar-refractivity contribution in [3.8, 4) is 0 Å². The zero-order valence-corrected chi connectivity index (χ0v) is 20.9. The Labute approximate surface area is 201 Å². The lowest BCUT2D eigenvalue weighted by Crippen LogP contribution is -2.36. The second-order valence-electron chi connectivity index (χ2n) is 12.5. The molecule has 1 aromatic rings. The fourth-order valence-corrected chi connectivity index (χ4v) is 8.86. The van der Waals surface area contributed by atoms with Gasteiger partial charge in [-0.2, -0.15) is 0 Å². The highest BCUT2D eigenvalue weighted by Gasteiger charge is 2.41. The molecule has 4 unspecified atom stereocenters. The Kier molecular flexibility index (Phi) is 7.77. The van der Waals surface area contributed by atoms with Gasteiger partial charge in [-0.25, -0.2) is 8.78 Å². The van der Waals surface area contributed by atoms with Crippen LogP contribution in [0.3, 0.4) is 0 Å². The molecule has 4 aliphatic carbocycles. The highest BCUT2D eigenvalue weighted by Crippen LogP contribution is 2.52. The van der Waals surface area contributed by atoms with Gasteiger partial charge in [-0.05, 0) is 142 Å². The summed E-state index contributed by atoms with van der Waals surface area (Å²) in [5.74, 6) is 5.97. The van der Waals surface area contributed by atoms with Crippen LogP contribution in [0.25, 0.3) is 0 Å². The zero-order valence-electron chi connectivity index (χ0n) is 20.9. The Balaban J connectivity index is 1.08. The summed E-state index contributed by atoms with van der Waals surface area (Å²) in [4.78, 5) is 0. The molecule has 5 rings (SSSR count). The van der Waals surface area contributed by atoms with Crippen molar-refractivity contribution in [1.29, 1.82) is 0 Å². The second kappa shape index (κ2) is 10.8. The smallest absolute Gasteiger partial charge is 0.159 e. The molecule has 4 saturated carbocycles. The van der Waals surface area contributed by atoms with Crippen molar-refractivity contribution >= 4 is 0 Å². The third-order valence-electron chi connectivity index (χ3n) is 10.8. The summed E-state index contributed by atoms with van der Waals surface area (Å²) in [5, 5.41) is 0. The highest BCUT2D eigenvalue weighted by molar-refractivity contribution is 5.22. The maximum Gasteiger partial charge on any atom is 0.159 e. The number of fused-ring (bicyclic) bond motifs is 1. The maximum absolute atomic E-state index is 13.7. The fourth-order valence-electron chi connectivity index (χ4n) is 8.86. The summed E-state index contributed by atoms with van der Waals surface area (Å²) in [6.45, 7) is 2.35. The third-order valence-corrected chi connectivity index (χ3v) is 10.8. The standard InChI is InChI=1S/C31H46F2/c1-2-3-21-4-6-22(7-5-21)25-12-14-28-19-26(13-15-27(28)18-25)23-8-10-24(11-9-23)29-16-17-30(32)31(33)20-29/h16-17,20-28H,2-15,18-19H2,1H3. The molecular weight excluding hydrogens is 410 g/mol. The first kappa shape index (κ1) is 23.8. The SMILES string of the molecule is CCCC1CCC(C2CCC3CC(C4CCC(c5ccc(F)c(F)c5)CC4)CCC3C2)CC1. The molecule has 0 nitrogen and oxygen atoms in total. The molecule has 0 heterocycles. The molecule has 0 aliphatic heterocycles. The minimum absolute atomic E-state index is 0.426. The van der Waals surface area contributed by atoms with Gasteiger partial charge in [-0.3, -0.25) is 0 Å². The topological polar surface area (TPSA) is 0 Å². The Bertz CT molecular complexity index is 756. The van der Waals surface area contributed by atoms with Gasteiger partial charge in [-0.15, -0.1) is 0 Å². The maximum atomic E-state index is 13.7. The van der Waals surface area contributed by atoms with Crippen molar-refractivity contribution < 1.29 is 8.78 Å². The fraction of sp³-hybridized carbons (Fsp3) is 0.806. The van der Waals surface area contributed by atoms with E-state index in [4.69, 9.17) is 0 Å². The zero-order chi connectivity index (χ0) is 22.8. The summed E-state index contributed by atoms with van der Waals surface area (Å²) < 4.78 is 27.0. The van der Waals surface area contributed by atoms with Gasteiger partial charge in [0.2, 0.25) is 0 Å². The Hall–Kier alpha value is -0.920. The largest absolute Gasteiger partial charge is 0.204 e. The lowest BCUT2D eigenvalue weighted by molar-refractivity contribution is 0.0392. The number of benzene rings is 1. The van der Waals surface area contributed by atoms with Crippen molar-refractivity contribution in [2.24, 2.45) is 41.4 Å². The van der Waals surface area contributed by atoms with Crippen molar-refractivity contribution in [1.82, 2.24) is 0 Å². The second-order valence-corrected chi connectivity index (χ2v) is 12.5. The van der Waals surface area contributed by atoms with Crippen LogP contribution in [0, 0.1) is 53.1 Å². The number of hydrogen-bond donors (Lipinski definition) is 0.